The van der Waals surface area contributed by atoms with E-state index >= 15 is 0 Å². The van der Waals surface area contributed by atoms with E-state index in [1.54, 1.807) is 0 Å². The standard InChI is InChI=1S/C16H18ClNO3/c1-11-3-4-13(21-11)10-18-9-12-7-14(17)16-15(8-12)19-5-2-6-20-16/h3-4,7-8,18H,2,5-6,9-10H2,1H3. The van der Waals surface area contributed by atoms with Gasteiger partial charge in [0.2, 0.25) is 0 Å². The van der Waals surface area contributed by atoms with Crippen molar-refractivity contribution in [2.75, 3.05) is 13.2 Å². The number of fused-ring (bicyclic) bond motifs is 1. The molecular weight excluding hydrogens is 290 g/mol. The molecular formula is C16H18ClNO3. The van der Waals surface area contributed by atoms with E-state index in [4.69, 9.17) is 25.5 Å². The number of hydrogen-bond donors (Lipinski definition) is 1. The van der Waals surface area contributed by atoms with Gasteiger partial charge < -0.3 is 19.2 Å². The van der Waals surface area contributed by atoms with Crippen LogP contribution in [0.4, 0.5) is 0 Å². The summed E-state index contributed by atoms with van der Waals surface area (Å²) < 4.78 is 16.8. The van der Waals surface area contributed by atoms with Crippen LogP contribution >= 0.6 is 11.6 Å². The number of hydrogen-bond acceptors (Lipinski definition) is 4. The smallest absolute Gasteiger partial charge is 0.179 e. The van der Waals surface area contributed by atoms with E-state index in [1.807, 2.05) is 31.2 Å². The van der Waals surface area contributed by atoms with Crippen LogP contribution in [0.3, 0.4) is 0 Å². The van der Waals surface area contributed by atoms with Crippen LogP contribution in [0.1, 0.15) is 23.5 Å². The lowest BCUT2D eigenvalue weighted by molar-refractivity contribution is 0.297. The third kappa shape index (κ3) is 3.52. The fourth-order valence-electron chi connectivity index (χ4n) is 2.30. The molecule has 2 aromatic rings. The number of aryl methyl sites for hydroxylation is 1. The maximum atomic E-state index is 6.27. The Morgan fingerprint density at radius 2 is 2.00 bits per heavy atom. The van der Waals surface area contributed by atoms with Crippen molar-refractivity contribution in [1.29, 1.82) is 0 Å². The highest BCUT2D eigenvalue weighted by Gasteiger charge is 2.15. The summed E-state index contributed by atoms with van der Waals surface area (Å²) in [6, 6.07) is 7.83. The Hall–Kier alpha value is -1.65. The summed E-state index contributed by atoms with van der Waals surface area (Å²) >= 11 is 6.27. The quantitative estimate of drug-likeness (QED) is 0.935. The summed E-state index contributed by atoms with van der Waals surface area (Å²) in [6.07, 6.45) is 0.871. The Morgan fingerprint density at radius 1 is 1.14 bits per heavy atom. The zero-order valence-electron chi connectivity index (χ0n) is 11.9. The number of rotatable bonds is 4. The number of furan rings is 1. The van der Waals surface area contributed by atoms with Gasteiger partial charge in [-0.15, -0.1) is 0 Å². The number of halogens is 1. The van der Waals surface area contributed by atoms with E-state index in [0.717, 1.165) is 29.3 Å². The van der Waals surface area contributed by atoms with Crippen molar-refractivity contribution in [2.45, 2.75) is 26.4 Å². The van der Waals surface area contributed by atoms with Crippen molar-refractivity contribution in [1.82, 2.24) is 5.32 Å². The number of benzene rings is 1. The van der Waals surface area contributed by atoms with Crippen LogP contribution in [0.2, 0.25) is 5.02 Å². The van der Waals surface area contributed by atoms with Gasteiger partial charge in [0.25, 0.3) is 0 Å². The predicted molar refractivity (Wildman–Crippen MR) is 81.0 cm³/mol. The topological polar surface area (TPSA) is 43.6 Å². The lowest BCUT2D eigenvalue weighted by Gasteiger charge is -2.12. The van der Waals surface area contributed by atoms with E-state index in [-0.39, 0.29) is 0 Å². The lowest BCUT2D eigenvalue weighted by Crippen LogP contribution is -2.12. The third-order valence-corrected chi connectivity index (χ3v) is 3.57. The second-order valence-corrected chi connectivity index (χ2v) is 5.48. The highest BCUT2D eigenvalue weighted by Crippen LogP contribution is 2.37. The van der Waals surface area contributed by atoms with Gasteiger partial charge in [-0.3, -0.25) is 0 Å². The van der Waals surface area contributed by atoms with E-state index < -0.39 is 0 Å². The Bertz CT molecular complexity index is 624. The zero-order chi connectivity index (χ0) is 14.7. The van der Waals surface area contributed by atoms with Gasteiger partial charge in [-0.25, -0.2) is 0 Å². The summed E-state index contributed by atoms with van der Waals surface area (Å²) in [4.78, 5) is 0. The maximum absolute atomic E-state index is 6.27. The van der Waals surface area contributed by atoms with Gasteiger partial charge in [0.05, 0.1) is 24.8 Å². The lowest BCUT2D eigenvalue weighted by atomic mass is 10.2. The van der Waals surface area contributed by atoms with Crippen molar-refractivity contribution in [2.24, 2.45) is 0 Å². The summed E-state index contributed by atoms with van der Waals surface area (Å²) in [7, 11) is 0. The van der Waals surface area contributed by atoms with Gasteiger partial charge in [-0.2, -0.15) is 0 Å². The molecule has 1 aromatic heterocycles. The Labute approximate surface area is 129 Å². The van der Waals surface area contributed by atoms with E-state index in [2.05, 4.69) is 5.32 Å². The highest BCUT2D eigenvalue weighted by atomic mass is 35.5. The molecule has 0 unspecified atom stereocenters. The molecule has 4 nitrogen and oxygen atoms in total. The molecule has 0 amide bonds. The SMILES string of the molecule is Cc1ccc(CNCc2cc(Cl)c3c(c2)OCCCO3)o1. The van der Waals surface area contributed by atoms with Gasteiger partial charge in [-0.05, 0) is 36.8 Å². The second-order valence-electron chi connectivity index (χ2n) is 5.07. The first-order valence-corrected chi connectivity index (χ1v) is 7.44. The minimum Gasteiger partial charge on any atom is -0.489 e. The second kappa shape index (κ2) is 6.41. The van der Waals surface area contributed by atoms with Crippen LogP contribution in [0.5, 0.6) is 11.5 Å². The van der Waals surface area contributed by atoms with E-state index in [0.29, 0.717) is 37.1 Å². The molecule has 1 N–H and O–H groups in total. The average molecular weight is 308 g/mol. The molecule has 1 aliphatic rings. The summed E-state index contributed by atoms with van der Waals surface area (Å²) in [5.74, 6) is 3.23. The molecule has 0 bridgehead atoms. The molecule has 21 heavy (non-hydrogen) atoms. The molecule has 0 atom stereocenters. The van der Waals surface area contributed by atoms with Gasteiger partial charge in [0.15, 0.2) is 11.5 Å². The first kappa shape index (κ1) is 14.3. The summed E-state index contributed by atoms with van der Waals surface area (Å²) in [5.41, 5.74) is 1.06. The fraction of sp³-hybridized carbons (Fsp3) is 0.375. The van der Waals surface area contributed by atoms with E-state index in [9.17, 15) is 0 Å². The zero-order valence-corrected chi connectivity index (χ0v) is 12.7. The molecule has 3 rings (SSSR count). The molecule has 2 heterocycles. The van der Waals surface area contributed by atoms with Gasteiger partial charge in [0.1, 0.15) is 11.5 Å². The molecule has 1 aliphatic heterocycles. The van der Waals surface area contributed by atoms with Crippen molar-refractivity contribution < 1.29 is 13.9 Å². The summed E-state index contributed by atoms with van der Waals surface area (Å²) in [5, 5.41) is 3.93. The Balaban J connectivity index is 1.65. The molecule has 1 aromatic carbocycles. The molecule has 0 fully saturated rings. The van der Waals surface area contributed by atoms with Crippen LogP contribution in [0.25, 0.3) is 0 Å². The monoisotopic (exact) mass is 307 g/mol. The molecule has 5 heteroatoms. The minimum absolute atomic E-state index is 0.597. The van der Waals surface area contributed by atoms with Crippen molar-refractivity contribution in [3.05, 3.63) is 46.4 Å². The van der Waals surface area contributed by atoms with Crippen molar-refractivity contribution in [3.63, 3.8) is 0 Å². The number of nitrogens with one attached hydrogen (secondary N) is 1. The Kier molecular flexibility index (Phi) is 4.36. The maximum Gasteiger partial charge on any atom is 0.179 e. The highest BCUT2D eigenvalue weighted by molar-refractivity contribution is 6.32. The molecule has 0 aliphatic carbocycles. The fourth-order valence-corrected chi connectivity index (χ4v) is 2.58. The van der Waals surface area contributed by atoms with Gasteiger partial charge in [-0.1, -0.05) is 11.6 Å². The van der Waals surface area contributed by atoms with Gasteiger partial charge in [0, 0.05) is 13.0 Å². The van der Waals surface area contributed by atoms with Crippen LogP contribution in [-0.2, 0) is 13.1 Å². The predicted octanol–water partition coefficient (Wildman–Crippen LogP) is 3.69. The Morgan fingerprint density at radius 3 is 2.81 bits per heavy atom. The molecule has 0 saturated carbocycles. The first-order valence-electron chi connectivity index (χ1n) is 7.06. The van der Waals surface area contributed by atoms with Crippen LogP contribution in [0.15, 0.2) is 28.7 Å². The number of ether oxygens (including phenoxy) is 2. The van der Waals surface area contributed by atoms with E-state index in [1.165, 1.54) is 0 Å². The largest absolute Gasteiger partial charge is 0.489 e. The van der Waals surface area contributed by atoms with Crippen LogP contribution < -0.4 is 14.8 Å². The summed E-state index contributed by atoms with van der Waals surface area (Å²) in [6.45, 7) is 4.61. The normalized spacial score (nSPS) is 14.0. The molecule has 0 saturated heterocycles. The molecule has 0 radical (unpaired) electrons. The van der Waals surface area contributed by atoms with Crippen LogP contribution in [0, 0.1) is 6.92 Å². The minimum atomic E-state index is 0.597. The van der Waals surface area contributed by atoms with Crippen molar-refractivity contribution in [3.8, 4) is 11.5 Å². The third-order valence-electron chi connectivity index (χ3n) is 3.29. The average Bonchev–Trinajstić information content (AvgIpc) is 2.73. The van der Waals surface area contributed by atoms with Crippen molar-refractivity contribution >= 4 is 11.6 Å². The van der Waals surface area contributed by atoms with Crippen LogP contribution in [-0.4, -0.2) is 13.2 Å². The van der Waals surface area contributed by atoms with Gasteiger partial charge >= 0.3 is 0 Å². The first-order chi connectivity index (χ1) is 10.2. The molecule has 112 valence electrons. The molecule has 0 spiro atoms.